The molecule has 0 unspecified atom stereocenters. The predicted molar refractivity (Wildman–Crippen MR) is 127 cm³/mol. The van der Waals surface area contributed by atoms with Crippen molar-refractivity contribution in [2.24, 2.45) is 0 Å². The first kappa shape index (κ1) is 24.7. The van der Waals surface area contributed by atoms with Crippen molar-refractivity contribution in [3.05, 3.63) is 65.2 Å². The van der Waals surface area contributed by atoms with Gasteiger partial charge in [0.05, 0.1) is 4.90 Å². The standard InChI is InChI=1S/C24H32N4O4S/c1-19-9-10-20(2)22(17-19)33(31,32)28-15-13-27(14-16-28)23(29)11-12-25-24(30)26(3)18-21-7-5-4-6-8-21/h4-10,17H,11-16,18H2,1-3H3,(H,25,30). The van der Waals surface area contributed by atoms with Gasteiger partial charge in [0.2, 0.25) is 15.9 Å². The van der Waals surface area contributed by atoms with E-state index in [4.69, 9.17) is 0 Å². The molecule has 0 radical (unpaired) electrons. The molecule has 0 aromatic heterocycles. The first-order valence-corrected chi connectivity index (χ1v) is 12.5. The molecule has 178 valence electrons. The van der Waals surface area contributed by atoms with Crippen LogP contribution in [0.3, 0.4) is 0 Å². The number of nitrogens with one attached hydrogen (secondary N) is 1. The highest BCUT2D eigenvalue weighted by molar-refractivity contribution is 7.89. The molecule has 0 saturated carbocycles. The molecule has 2 aromatic carbocycles. The maximum atomic E-state index is 13.0. The van der Waals surface area contributed by atoms with Gasteiger partial charge in [0.1, 0.15) is 0 Å². The SMILES string of the molecule is Cc1ccc(C)c(S(=O)(=O)N2CCN(C(=O)CCNC(=O)N(C)Cc3ccccc3)CC2)c1. The number of piperazine rings is 1. The van der Waals surface area contributed by atoms with E-state index < -0.39 is 10.0 Å². The van der Waals surface area contributed by atoms with E-state index in [1.165, 1.54) is 4.31 Å². The summed E-state index contributed by atoms with van der Waals surface area (Å²) in [5, 5.41) is 2.77. The lowest BCUT2D eigenvalue weighted by molar-refractivity contribution is -0.132. The summed E-state index contributed by atoms with van der Waals surface area (Å²) in [5.74, 6) is -0.0928. The second-order valence-electron chi connectivity index (χ2n) is 8.38. The lowest BCUT2D eigenvalue weighted by Crippen LogP contribution is -2.51. The minimum Gasteiger partial charge on any atom is -0.340 e. The number of nitrogens with zero attached hydrogens (tertiary/aromatic N) is 3. The lowest BCUT2D eigenvalue weighted by Gasteiger charge is -2.34. The van der Waals surface area contributed by atoms with Gasteiger partial charge in [0.25, 0.3) is 0 Å². The van der Waals surface area contributed by atoms with Crippen molar-refractivity contribution in [2.75, 3.05) is 39.8 Å². The predicted octanol–water partition coefficient (Wildman–Crippen LogP) is 2.37. The molecule has 1 saturated heterocycles. The van der Waals surface area contributed by atoms with Gasteiger partial charge in [-0.1, -0.05) is 42.5 Å². The quantitative estimate of drug-likeness (QED) is 0.670. The highest BCUT2D eigenvalue weighted by Gasteiger charge is 2.31. The number of rotatable bonds is 7. The third-order valence-corrected chi connectivity index (χ3v) is 7.82. The molecule has 1 aliphatic rings. The van der Waals surface area contributed by atoms with Crippen LogP contribution in [0, 0.1) is 13.8 Å². The Labute approximate surface area is 196 Å². The molecule has 3 amide bonds. The summed E-state index contributed by atoms with van der Waals surface area (Å²) in [4.78, 5) is 28.4. The van der Waals surface area contributed by atoms with E-state index >= 15 is 0 Å². The Morgan fingerprint density at radius 2 is 1.67 bits per heavy atom. The minimum absolute atomic E-state index is 0.0928. The van der Waals surface area contributed by atoms with Crippen molar-refractivity contribution < 1.29 is 18.0 Å². The van der Waals surface area contributed by atoms with Crippen molar-refractivity contribution in [3.63, 3.8) is 0 Å². The number of benzene rings is 2. The first-order valence-electron chi connectivity index (χ1n) is 11.1. The van der Waals surface area contributed by atoms with Crippen LogP contribution in [0.1, 0.15) is 23.1 Å². The zero-order chi connectivity index (χ0) is 24.0. The van der Waals surface area contributed by atoms with Crippen LogP contribution in [0.5, 0.6) is 0 Å². The zero-order valence-electron chi connectivity index (χ0n) is 19.5. The van der Waals surface area contributed by atoms with Gasteiger partial charge in [0, 0.05) is 52.7 Å². The number of urea groups is 1. The molecule has 1 aliphatic heterocycles. The Hall–Kier alpha value is -2.91. The molecule has 3 rings (SSSR count). The molecule has 1 heterocycles. The van der Waals surface area contributed by atoms with Crippen molar-refractivity contribution in [1.82, 2.24) is 19.4 Å². The van der Waals surface area contributed by atoms with Gasteiger partial charge in [-0.25, -0.2) is 13.2 Å². The number of sulfonamides is 1. The summed E-state index contributed by atoms with van der Waals surface area (Å²) in [6.45, 7) is 5.57. The van der Waals surface area contributed by atoms with Crippen molar-refractivity contribution in [2.45, 2.75) is 31.7 Å². The molecule has 1 fully saturated rings. The van der Waals surface area contributed by atoms with Crippen molar-refractivity contribution in [3.8, 4) is 0 Å². The van der Waals surface area contributed by atoms with Gasteiger partial charge >= 0.3 is 6.03 Å². The first-order chi connectivity index (χ1) is 15.7. The molecule has 0 aliphatic carbocycles. The number of carbonyl (C=O) groups is 2. The number of carbonyl (C=O) groups excluding carboxylic acids is 2. The van der Waals surface area contributed by atoms with Crippen LogP contribution in [0.4, 0.5) is 4.79 Å². The molecule has 1 N–H and O–H groups in total. The highest BCUT2D eigenvalue weighted by Crippen LogP contribution is 2.22. The van der Waals surface area contributed by atoms with Crippen molar-refractivity contribution >= 4 is 22.0 Å². The van der Waals surface area contributed by atoms with Crippen LogP contribution in [0.2, 0.25) is 0 Å². The Morgan fingerprint density at radius 3 is 2.33 bits per heavy atom. The largest absolute Gasteiger partial charge is 0.340 e. The van der Waals surface area contributed by atoms with Crippen molar-refractivity contribution in [1.29, 1.82) is 0 Å². The Bertz CT molecular complexity index is 1080. The summed E-state index contributed by atoms with van der Waals surface area (Å²) in [5.41, 5.74) is 2.64. The van der Waals surface area contributed by atoms with Gasteiger partial charge < -0.3 is 15.1 Å². The zero-order valence-corrected chi connectivity index (χ0v) is 20.3. The third-order valence-electron chi connectivity index (χ3n) is 5.78. The molecule has 0 bridgehead atoms. The summed E-state index contributed by atoms with van der Waals surface area (Å²) in [6, 6.07) is 14.8. The van der Waals surface area contributed by atoms with Crippen LogP contribution < -0.4 is 5.32 Å². The monoisotopic (exact) mass is 472 g/mol. The van der Waals surface area contributed by atoms with E-state index in [0.717, 1.165) is 11.1 Å². The Morgan fingerprint density at radius 1 is 1.00 bits per heavy atom. The number of hydrogen-bond acceptors (Lipinski definition) is 4. The molecule has 0 atom stereocenters. The Kier molecular flexibility index (Phi) is 8.10. The van der Waals surface area contributed by atoms with E-state index in [1.807, 2.05) is 49.4 Å². The lowest BCUT2D eigenvalue weighted by atomic mass is 10.2. The summed E-state index contributed by atoms with van der Waals surface area (Å²) < 4.78 is 27.5. The second kappa shape index (κ2) is 10.8. The van der Waals surface area contributed by atoms with Crippen LogP contribution >= 0.6 is 0 Å². The second-order valence-corrected chi connectivity index (χ2v) is 10.3. The fourth-order valence-electron chi connectivity index (χ4n) is 3.80. The molecular formula is C24H32N4O4S. The van der Waals surface area contributed by atoms with E-state index in [-0.39, 0.29) is 38.0 Å². The van der Waals surface area contributed by atoms with Gasteiger partial charge in [-0.15, -0.1) is 0 Å². The van der Waals surface area contributed by atoms with Crippen LogP contribution in [-0.4, -0.2) is 74.2 Å². The smallest absolute Gasteiger partial charge is 0.317 e. The molecular weight excluding hydrogens is 440 g/mol. The maximum absolute atomic E-state index is 13.0. The third kappa shape index (κ3) is 6.33. The van der Waals surface area contributed by atoms with Gasteiger partial charge in [-0.05, 0) is 36.6 Å². The molecule has 8 nitrogen and oxygen atoms in total. The summed E-state index contributed by atoms with van der Waals surface area (Å²) >= 11 is 0. The van der Waals surface area contributed by atoms with E-state index in [0.29, 0.717) is 30.1 Å². The topological polar surface area (TPSA) is 90.0 Å². The Balaban J connectivity index is 1.45. The average molecular weight is 473 g/mol. The number of hydrogen-bond donors (Lipinski definition) is 1. The van der Waals surface area contributed by atoms with E-state index in [9.17, 15) is 18.0 Å². The minimum atomic E-state index is -3.60. The molecule has 9 heteroatoms. The van der Waals surface area contributed by atoms with Crippen LogP contribution in [0.15, 0.2) is 53.4 Å². The maximum Gasteiger partial charge on any atom is 0.317 e. The normalized spacial score (nSPS) is 14.7. The van der Waals surface area contributed by atoms with Gasteiger partial charge in [-0.2, -0.15) is 4.31 Å². The summed E-state index contributed by atoms with van der Waals surface area (Å²) in [6.07, 6.45) is 0.175. The highest BCUT2D eigenvalue weighted by atomic mass is 32.2. The average Bonchev–Trinajstić information content (AvgIpc) is 2.81. The van der Waals surface area contributed by atoms with E-state index in [2.05, 4.69) is 5.32 Å². The number of amides is 3. The van der Waals surface area contributed by atoms with Gasteiger partial charge in [0.15, 0.2) is 0 Å². The van der Waals surface area contributed by atoms with E-state index in [1.54, 1.807) is 29.8 Å². The number of aryl methyl sites for hydroxylation is 2. The van der Waals surface area contributed by atoms with Crippen LogP contribution in [0.25, 0.3) is 0 Å². The fourth-order valence-corrected chi connectivity index (χ4v) is 5.53. The fraction of sp³-hybridized carbons (Fsp3) is 0.417. The molecule has 2 aromatic rings. The molecule has 0 spiro atoms. The van der Waals surface area contributed by atoms with Gasteiger partial charge in [-0.3, -0.25) is 4.79 Å². The molecule has 33 heavy (non-hydrogen) atoms. The summed E-state index contributed by atoms with van der Waals surface area (Å²) in [7, 11) is -1.89. The van der Waals surface area contributed by atoms with Crippen LogP contribution in [-0.2, 0) is 21.4 Å².